The monoisotopic (exact) mass is 411 g/mol. The van der Waals surface area contributed by atoms with Gasteiger partial charge in [0.15, 0.2) is 6.10 Å². The maximum Gasteiger partial charge on any atom is 0.264 e. The molecule has 0 saturated carbocycles. The van der Waals surface area contributed by atoms with Gasteiger partial charge < -0.3 is 15.0 Å². The van der Waals surface area contributed by atoms with Gasteiger partial charge in [-0.2, -0.15) is 0 Å². The van der Waals surface area contributed by atoms with Gasteiger partial charge in [0.1, 0.15) is 17.1 Å². The quantitative estimate of drug-likeness (QED) is 0.702. The fourth-order valence-corrected chi connectivity index (χ4v) is 4.37. The van der Waals surface area contributed by atoms with Crippen LogP contribution < -0.4 is 10.1 Å². The standard InChI is InChI=1S/C22H19ClFN3O2/c23-14-10-13-11-19(22(28)27-8-6-25-7-9-27)29-21(13)17(12-14)15-4-5-26-20-16(15)2-1-3-18(20)24/h1-5,10,12,19,25H,6-9,11H2. The summed E-state index contributed by atoms with van der Waals surface area (Å²) in [6, 6.07) is 10.3. The van der Waals surface area contributed by atoms with Crippen LogP contribution in [0.2, 0.25) is 5.02 Å². The number of halogens is 2. The first-order valence-corrected chi connectivity index (χ1v) is 10.0. The fourth-order valence-electron chi connectivity index (χ4n) is 4.13. The summed E-state index contributed by atoms with van der Waals surface area (Å²) in [5.74, 6) is 0.255. The number of fused-ring (bicyclic) bond motifs is 2. The molecule has 0 spiro atoms. The Kier molecular flexibility index (Phi) is 4.60. The molecule has 1 aromatic heterocycles. The number of piperazine rings is 1. The van der Waals surface area contributed by atoms with Crippen LogP contribution in [0.5, 0.6) is 5.75 Å². The highest BCUT2D eigenvalue weighted by Crippen LogP contribution is 2.43. The van der Waals surface area contributed by atoms with E-state index in [-0.39, 0.29) is 11.7 Å². The molecule has 3 aromatic rings. The van der Waals surface area contributed by atoms with Gasteiger partial charge in [-0.05, 0) is 29.8 Å². The number of hydrogen-bond acceptors (Lipinski definition) is 4. The molecular weight excluding hydrogens is 393 g/mol. The molecule has 1 saturated heterocycles. The van der Waals surface area contributed by atoms with Crippen molar-refractivity contribution in [3.05, 3.63) is 59.0 Å². The third-order valence-electron chi connectivity index (χ3n) is 5.51. The molecule has 5 rings (SSSR count). The lowest BCUT2D eigenvalue weighted by molar-refractivity contribution is -0.138. The minimum atomic E-state index is -0.565. The lowest BCUT2D eigenvalue weighted by Crippen LogP contribution is -2.50. The Morgan fingerprint density at radius 1 is 1.21 bits per heavy atom. The molecule has 7 heteroatoms. The number of para-hydroxylation sites is 1. The van der Waals surface area contributed by atoms with Crippen molar-refractivity contribution in [1.29, 1.82) is 0 Å². The molecule has 1 N–H and O–H groups in total. The second-order valence-electron chi connectivity index (χ2n) is 7.32. The van der Waals surface area contributed by atoms with Gasteiger partial charge in [-0.3, -0.25) is 9.78 Å². The largest absolute Gasteiger partial charge is 0.479 e. The van der Waals surface area contributed by atoms with Crippen LogP contribution in [0.4, 0.5) is 4.39 Å². The zero-order valence-electron chi connectivity index (χ0n) is 15.6. The van der Waals surface area contributed by atoms with Crippen molar-refractivity contribution in [2.45, 2.75) is 12.5 Å². The first kappa shape index (κ1) is 18.3. The number of nitrogens with zero attached hydrogens (tertiary/aromatic N) is 2. The van der Waals surface area contributed by atoms with Crippen LogP contribution in [-0.2, 0) is 11.2 Å². The summed E-state index contributed by atoms with van der Waals surface area (Å²) in [6.45, 7) is 2.93. The maximum atomic E-state index is 14.2. The second kappa shape index (κ2) is 7.28. The molecule has 1 amide bonds. The van der Waals surface area contributed by atoms with Gasteiger partial charge in [-0.25, -0.2) is 4.39 Å². The van der Waals surface area contributed by atoms with E-state index in [1.165, 1.54) is 6.07 Å². The third-order valence-corrected chi connectivity index (χ3v) is 5.73. The normalized spacial score (nSPS) is 18.6. The summed E-state index contributed by atoms with van der Waals surface area (Å²) >= 11 is 6.39. The second-order valence-corrected chi connectivity index (χ2v) is 7.76. The summed E-state index contributed by atoms with van der Waals surface area (Å²) < 4.78 is 20.4. The van der Waals surface area contributed by atoms with Gasteiger partial charge in [0.05, 0.1) is 0 Å². The Balaban J connectivity index is 1.56. The Morgan fingerprint density at radius 2 is 2.03 bits per heavy atom. The van der Waals surface area contributed by atoms with Crippen LogP contribution in [0.15, 0.2) is 42.6 Å². The number of hydrogen-bond donors (Lipinski definition) is 1. The summed E-state index contributed by atoms with van der Waals surface area (Å²) in [6.07, 6.45) is 1.49. The smallest absolute Gasteiger partial charge is 0.264 e. The summed E-state index contributed by atoms with van der Waals surface area (Å²) in [4.78, 5) is 18.9. The number of carbonyl (C=O) groups excluding carboxylic acids is 1. The molecule has 0 bridgehead atoms. The first-order valence-electron chi connectivity index (χ1n) is 9.64. The van der Waals surface area contributed by atoms with E-state index >= 15 is 0 Å². The van der Waals surface area contributed by atoms with E-state index in [1.54, 1.807) is 18.3 Å². The number of ether oxygens (including phenoxy) is 1. The SMILES string of the molecule is O=C(C1Cc2cc(Cl)cc(-c3ccnc4c(F)cccc34)c2O1)N1CCNCC1. The lowest BCUT2D eigenvalue weighted by Gasteiger charge is -2.29. The number of benzene rings is 2. The van der Waals surface area contributed by atoms with E-state index in [0.29, 0.717) is 41.2 Å². The molecule has 2 aromatic carbocycles. The van der Waals surface area contributed by atoms with E-state index in [1.807, 2.05) is 23.1 Å². The Morgan fingerprint density at radius 3 is 2.86 bits per heavy atom. The minimum absolute atomic E-state index is 0.00426. The zero-order valence-corrected chi connectivity index (χ0v) is 16.4. The number of aromatic nitrogens is 1. The van der Waals surface area contributed by atoms with Crippen molar-refractivity contribution in [2.24, 2.45) is 0 Å². The number of amides is 1. The van der Waals surface area contributed by atoms with Crippen molar-refractivity contribution in [3.8, 4) is 16.9 Å². The lowest BCUT2D eigenvalue weighted by atomic mass is 9.97. The molecule has 1 atom stereocenters. The average molecular weight is 412 g/mol. The molecule has 1 unspecified atom stereocenters. The molecule has 0 radical (unpaired) electrons. The molecule has 0 aliphatic carbocycles. The Hall–Kier alpha value is -2.70. The van der Waals surface area contributed by atoms with Crippen LogP contribution in [-0.4, -0.2) is 48.1 Å². The highest BCUT2D eigenvalue weighted by Gasteiger charge is 2.35. The highest BCUT2D eigenvalue weighted by molar-refractivity contribution is 6.31. The van der Waals surface area contributed by atoms with Crippen LogP contribution in [0.25, 0.3) is 22.0 Å². The van der Waals surface area contributed by atoms with Crippen molar-refractivity contribution >= 4 is 28.4 Å². The van der Waals surface area contributed by atoms with Gasteiger partial charge >= 0.3 is 0 Å². The van der Waals surface area contributed by atoms with E-state index in [4.69, 9.17) is 16.3 Å². The van der Waals surface area contributed by atoms with Crippen LogP contribution in [0.3, 0.4) is 0 Å². The number of nitrogens with one attached hydrogen (secondary N) is 1. The van der Waals surface area contributed by atoms with Crippen molar-refractivity contribution in [2.75, 3.05) is 26.2 Å². The average Bonchev–Trinajstić information content (AvgIpc) is 3.17. The topological polar surface area (TPSA) is 54.5 Å². The number of rotatable bonds is 2. The maximum absolute atomic E-state index is 14.2. The molecule has 5 nitrogen and oxygen atoms in total. The zero-order chi connectivity index (χ0) is 20.0. The van der Waals surface area contributed by atoms with Gasteiger partial charge in [-0.1, -0.05) is 23.7 Å². The summed E-state index contributed by atoms with van der Waals surface area (Å²) in [7, 11) is 0. The van der Waals surface area contributed by atoms with Crippen molar-refractivity contribution < 1.29 is 13.9 Å². The highest BCUT2D eigenvalue weighted by atomic mass is 35.5. The van der Waals surface area contributed by atoms with E-state index in [9.17, 15) is 9.18 Å². The van der Waals surface area contributed by atoms with Gasteiger partial charge in [0.25, 0.3) is 5.91 Å². The predicted octanol–water partition coefficient (Wildman–Crippen LogP) is 3.43. The van der Waals surface area contributed by atoms with Gasteiger partial charge in [0.2, 0.25) is 0 Å². The summed E-state index contributed by atoms with van der Waals surface area (Å²) in [5, 5.41) is 4.48. The van der Waals surface area contributed by atoms with Gasteiger partial charge in [-0.15, -0.1) is 0 Å². The van der Waals surface area contributed by atoms with E-state index in [0.717, 1.165) is 29.8 Å². The molecule has 2 aliphatic heterocycles. The molecule has 148 valence electrons. The van der Waals surface area contributed by atoms with E-state index in [2.05, 4.69) is 10.3 Å². The fraction of sp³-hybridized carbons (Fsp3) is 0.273. The van der Waals surface area contributed by atoms with Crippen LogP contribution >= 0.6 is 11.6 Å². The molecule has 1 fully saturated rings. The third kappa shape index (κ3) is 3.22. The Labute approximate surface area is 172 Å². The van der Waals surface area contributed by atoms with E-state index < -0.39 is 6.10 Å². The van der Waals surface area contributed by atoms with Gasteiger partial charge in [0, 0.05) is 60.3 Å². The number of carbonyl (C=O) groups is 1. The molecule has 29 heavy (non-hydrogen) atoms. The predicted molar refractivity (Wildman–Crippen MR) is 110 cm³/mol. The van der Waals surface area contributed by atoms with Crippen LogP contribution in [0.1, 0.15) is 5.56 Å². The number of pyridine rings is 1. The van der Waals surface area contributed by atoms with Crippen molar-refractivity contribution in [1.82, 2.24) is 15.2 Å². The minimum Gasteiger partial charge on any atom is -0.479 e. The first-order chi connectivity index (χ1) is 14.1. The molecule has 2 aliphatic rings. The van der Waals surface area contributed by atoms with Crippen LogP contribution in [0, 0.1) is 5.82 Å². The summed E-state index contributed by atoms with van der Waals surface area (Å²) in [5.41, 5.74) is 2.72. The Bertz CT molecular complexity index is 1110. The molecular formula is C22H19ClFN3O2. The molecule has 3 heterocycles. The van der Waals surface area contributed by atoms with Crippen molar-refractivity contribution in [3.63, 3.8) is 0 Å².